The van der Waals surface area contributed by atoms with Crippen molar-refractivity contribution in [3.8, 4) is 17.2 Å². The predicted octanol–water partition coefficient (Wildman–Crippen LogP) is 6.93. The summed E-state index contributed by atoms with van der Waals surface area (Å²) in [6.45, 7) is 7.09. The average Bonchev–Trinajstić information content (AvgIpc) is 3.74. The molecule has 2 fully saturated rings. The molecule has 0 amide bonds. The summed E-state index contributed by atoms with van der Waals surface area (Å²) < 4.78 is 27.6. The maximum Gasteiger partial charge on any atom is 0.177 e. The Kier molecular flexibility index (Phi) is 7.34. The van der Waals surface area contributed by atoms with E-state index in [4.69, 9.17) is 0 Å². The van der Waals surface area contributed by atoms with E-state index in [9.17, 15) is 14.0 Å². The van der Waals surface area contributed by atoms with Gasteiger partial charge in [-0.3, -0.25) is 0 Å². The normalized spacial score (nSPS) is 22.8. The van der Waals surface area contributed by atoms with E-state index in [2.05, 4.69) is 52.1 Å². The van der Waals surface area contributed by atoms with Crippen LogP contribution in [0.2, 0.25) is 0 Å². The van der Waals surface area contributed by atoms with Crippen molar-refractivity contribution in [2.24, 2.45) is 10.9 Å². The summed E-state index contributed by atoms with van der Waals surface area (Å²) in [4.78, 5) is 6.79. The van der Waals surface area contributed by atoms with Crippen LogP contribution >= 0.6 is 0 Å². The molecule has 0 radical (unpaired) electrons. The fourth-order valence-corrected chi connectivity index (χ4v) is 5.45. The van der Waals surface area contributed by atoms with E-state index in [0.29, 0.717) is 17.8 Å². The van der Waals surface area contributed by atoms with Crippen molar-refractivity contribution in [2.75, 3.05) is 19.6 Å². The number of likely N-dealkylation sites (tertiary alicyclic amines) is 1. The Labute approximate surface area is 217 Å². The molecule has 0 bridgehead atoms. The molecule has 2 heterocycles. The van der Waals surface area contributed by atoms with Gasteiger partial charge in [0.1, 0.15) is 5.84 Å². The molecule has 0 aromatic heterocycles. The first-order valence-corrected chi connectivity index (χ1v) is 13.0. The molecule has 2 aromatic rings. The van der Waals surface area contributed by atoms with E-state index in [1.807, 2.05) is 24.3 Å². The number of piperidine rings is 1. The first-order chi connectivity index (χ1) is 17.9. The average molecular weight is 499 g/mol. The molecule has 37 heavy (non-hydrogen) atoms. The van der Waals surface area contributed by atoms with Gasteiger partial charge in [-0.2, -0.15) is 5.26 Å². The van der Waals surface area contributed by atoms with E-state index in [0.717, 1.165) is 61.7 Å². The lowest BCUT2D eigenvalue weighted by Crippen LogP contribution is -2.44. The minimum absolute atomic E-state index is 0.0374. The summed E-state index contributed by atoms with van der Waals surface area (Å²) in [5.41, 5.74) is 4.30. The summed E-state index contributed by atoms with van der Waals surface area (Å²) in [6.07, 6.45) is 8.23. The van der Waals surface area contributed by atoms with Gasteiger partial charge >= 0.3 is 0 Å². The molecule has 1 saturated heterocycles. The van der Waals surface area contributed by atoms with Crippen molar-refractivity contribution in [1.29, 1.82) is 5.26 Å². The van der Waals surface area contributed by atoms with Gasteiger partial charge in [-0.15, -0.1) is 0 Å². The molecule has 2 aromatic carbocycles. The van der Waals surface area contributed by atoms with Crippen LogP contribution in [0.4, 0.5) is 8.78 Å². The first kappa shape index (κ1) is 25.1. The number of nitrogens with one attached hydrogen (secondary N) is 1. The Morgan fingerprint density at radius 3 is 2.51 bits per heavy atom. The van der Waals surface area contributed by atoms with Gasteiger partial charge < -0.3 is 10.2 Å². The number of hydrogen-bond acceptors (Lipinski definition) is 4. The zero-order chi connectivity index (χ0) is 25.8. The molecule has 0 spiro atoms. The van der Waals surface area contributed by atoms with Gasteiger partial charge in [0.05, 0.1) is 17.8 Å². The Bertz CT molecular complexity index is 1290. The van der Waals surface area contributed by atoms with Crippen molar-refractivity contribution >= 4 is 5.84 Å². The number of halogens is 2. The molecule has 2 aliphatic heterocycles. The van der Waals surface area contributed by atoms with Crippen LogP contribution in [0.15, 0.2) is 89.7 Å². The molecule has 1 aliphatic carbocycles. The molecule has 5 rings (SSSR count). The second-order valence-corrected chi connectivity index (χ2v) is 10.5. The summed E-state index contributed by atoms with van der Waals surface area (Å²) >= 11 is 0. The number of hydrogen-bond donors (Lipinski definition) is 1. The number of benzene rings is 2. The molecule has 3 aliphatic rings. The number of nitriles is 1. The zero-order valence-corrected chi connectivity index (χ0v) is 21.0. The van der Waals surface area contributed by atoms with Crippen molar-refractivity contribution in [3.05, 3.63) is 95.9 Å². The van der Waals surface area contributed by atoms with Crippen molar-refractivity contribution < 1.29 is 8.78 Å². The maximum atomic E-state index is 13.9. The number of nitrogens with zero attached hydrogens (tertiary/aromatic N) is 3. The molecular weight excluding hydrogens is 466 g/mol. The van der Waals surface area contributed by atoms with Gasteiger partial charge in [-0.05, 0) is 91.4 Å². The topological polar surface area (TPSA) is 51.4 Å². The van der Waals surface area contributed by atoms with Crippen LogP contribution < -0.4 is 5.32 Å². The van der Waals surface area contributed by atoms with E-state index < -0.39 is 11.7 Å². The minimum Gasteiger partial charge on any atom is -0.344 e. The van der Waals surface area contributed by atoms with Crippen LogP contribution in [-0.4, -0.2) is 30.4 Å². The van der Waals surface area contributed by atoms with Crippen LogP contribution in [0.3, 0.4) is 0 Å². The van der Waals surface area contributed by atoms with Gasteiger partial charge in [-0.1, -0.05) is 43.0 Å². The highest BCUT2D eigenvalue weighted by Gasteiger charge is 2.37. The lowest BCUT2D eigenvalue weighted by molar-refractivity contribution is 0.148. The van der Waals surface area contributed by atoms with E-state index in [-0.39, 0.29) is 11.1 Å². The Hall–Kier alpha value is -3.56. The Morgan fingerprint density at radius 1 is 1.05 bits per heavy atom. The second kappa shape index (κ2) is 10.8. The summed E-state index contributed by atoms with van der Waals surface area (Å²) in [7, 11) is 0. The maximum absolute atomic E-state index is 13.9. The third-order valence-electron chi connectivity index (χ3n) is 7.86. The molecule has 0 atom stereocenters. The van der Waals surface area contributed by atoms with Gasteiger partial charge in [0.15, 0.2) is 11.7 Å². The monoisotopic (exact) mass is 498 g/mol. The zero-order valence-electron chi connectivity index (χ0n) is 21.0. The standard InChI is InChI=1S/C31H32F2N4/c1-22-17-28(32)29(33)20-35-30(36-22)11-12-31(13-15-37(16-14-31)21-23-5-6-23)27-9-7-25(8-10-27)26-4-2-3-24(18-26)19-34/h2-4,7-10,17-18,20,23H,1,5-6,11-16,21H2,(H,35,36)/b28-17+,29-20+. The first-order valence-electron chi connectivity index (χ1n) is 13.0. The Balaban J connectivity index is 1.37. The molecule has 6 heteroatoms. The lowest BCUT2D eigenvalue weighted by atomic mass is 9.69. The molecule has 190 valence electrons. The fourth-order valence-electron chi connectivity index (χ4n) is 5.45. The quantitative estimate of drug-likeness (QED) is 0.450. The largest absolute Gasteiger partial charge is 0.344 e. The summed E-state index contributed by atoms with van der Waals surface area (Å²) in [6, 6.07) is 18.6. The highest BCUT2D eigenvalue weighted by atomic mass is 19.2. The fraction of sp³-hybridized carbons (Fsp3) is 0.355. The summed E-state index contributed by atoms with van der Waals surface area (Å²) in [5, 5.41) is 12.3. The minimum atomic E-state index is -0.987. The van der Waals surface area contributed by atoms with E-state index in [1.54, 1.807) is 0 Å². The van der Waals surface area contributed by atoms with Gasteiger partial charge in [0.2, 0.25) is 0 Å². The highest BCUT2D eigenvalue weighted by molar-refractivity contribution is 5.85. The lowest BCUT2D eigenvalue weighted by Gasteiger charge is -2.43. The second-order valence-electron chi connectivity index (χ2n) is 10.5. The predicted molar refractivity (Wildman–Crippen MR) is 144 cm³/mol. The van der Waals surface area contributed by atoms with Crippen molar-refractivity contribution in [3.63, 3.8) is 0 Å². The van der Waals surface area contributed by atoms with Gasteiger partial charge in [-0.25, -0.2) is 13.8 Å². The Morgan fingerprint density at radius 2 is 1.81 bits per heavy atom. The van der Waals surface area contributed by atoms with Crippen molar-refractivity contribution in [2.45, 2.75) is 43.9 Å². The SMILES string of the molecule is C=C1/C=C(F)\C(F)=C/N=C(CCC2(c3ccc(-c4cccc(C#N)c4)cc3)CCN(CC3CC3)CC2)N1. The molecule has 0 unspecified atom stereocenters. The number of aliphatic imine (C=N–C) groups is 1. The van der Waals surface area contributed by atoms with Crippen LogP contribution in [0.1, 0.15) is 49.7 Å². The molecule has 4 nitrogen and oxygen atoms in total. The summed E-state index contributed by atoms with van der Waals surface area (Å²) in [5.74, 6) is -0.501. The molecule has 1 saturated carbocycles. The van der Waals surface area contributed by atoms with E-state index >= 15 is 0 Å². The molecule has 1 N–H and O–H groups in total. The number of allylic oxidation sites excluding steroid dienone is 3. The van der Waals surface area contributed by atoms with Gasteiger partial charge in [0, 0.05) is 18.7 Å². The third kappa shape index (κ3) is 6.06. The van der Waals surface area contributed by atoms with Crippen LogP contribution in [-0.2, 0) is 5.41 Å². The number of rotatable bonds is 7. The van der Waals surface area contributed by atoms with E-state index in [1.165, 1.54) is 24.9 Å². The third-order valence-corrected chi connectivity index (χ3v) is 7.86. The van der Waals surface area contributed by atoms with Crippen LogP contribution in [0, 0.1) is 17.2 Å². The number of amidine groups is 1. The van der Waals surface area contributed by atoms with Crippen LogP contribution in [0.25, 0.3) is 11.1 Å². The van der Waals surface area contributed by atoms with Crippen LogP contribution in [0.5, 0.6) is 0 Å². The van der Waals surface area contributed by atoms with Crippen molar-refractivity contribution in [1.82, 2.24) is 10.2 Å². The highest BCUT2D eigenvalue weighted by Crippen LogP contribution is 2.42. The van der Waals surface area contributed by atoms with Gasteiger partial charge in [0.25, 0.3) is 0 Å². The smallest absolute Gasteiger partial charge is 0.177 e. The molecular formula is C31H32F2N4.